The number of sulfonamides is 1. The van der Waals surface area contributed by atoms with Crippen molar-refractivity contribution in [3.8, 4) is 6.07 Å². The summed E-state index contributed by atoms with van der Waals surface area (Å²) in [6, 6.07) is 17.8. The van der Waals surface area contributed by atoms with Gasteiger partial charge in [0.2, 0.25) is 10.0 Å². The van der Waals surface area contributed by atoms with Crippen LogP contribution in [0.4, 0.5) is 5.69 Å². The van der Waals surface area contributed by atoms with Crippen molar-refractivity contribution < 1.29 is 13.2 Å². The van der Waals surface area contributed by atoms with Crippen molar-refractivity contribution in [3.63, 3.8) is 0 Å². The molecule has 0 bridgehead atoms. The van der Waals surface area contributed by atoms with Gasteiger partial charge in [0.25, 0.3) is 5.91 Å². The first-order valence-electron chi connectivity index (χ1n) is 8.81. The van der Waals surface area contributed by atoms with Crippen LogP contribution in [-0.4, -0.2) is 37.6 Å². The minimum Gasteiger partial charge on any atom is -0.337 e. The Morgan fingerprint density at radius 3 is 2.70 bits per heavy atom. The van der Waals surface area contributed by atoms with E-state index in [9.17, 15) is 13.2 Å². The van der Waals surface area contributed by atoms with Crippen molar-refractivity contribution in [2.75, 3.05) is 17.8 Å². The van der Waals surface area contributed by atoms with Crippen molar-refractivity contribution in [2.24, 2.45) is 0 Å². The standard InChI is InChI=1S/C20H21N3O3S/c21-12-11-16-6-4-7-17(14-16)20(24)23-13-5-10-19(15-23)27(25,26)22-18-8-2-1-3-9-18/h1-4,6-9,14,19,22H,5,10-11,13,15H2/t19-/m1/s1. The predicted molar refractivity (Wildman–Crippen MR) is 104 cm³/mol. The van der Waals surface area contributed by atoms with E-state index in [-0.39, 0.29) is 18.9 Å². The highest BCUT2D eigenvalue weighted by atomic mass is 32.2. The second-order valence-electron chi connectivity index (χ2n) is 6.56. The van der Waals surface area contributed by atoms with E-state index in [0.29, 0.717) is 30.6 Å². The maximum absolute atomic E-state index is 12.8. The molecule has 0 aromatic heterocycles. The number of nitrogens with one attached hydrogen (secondary N) is 1. The Morgan fingerprint density at radius 2 is 1.96 bits per heavy atom. The molecule has 1 fully saturated rings. The summed E-state index contributed by atoms with van der Waals surface area (Å²) < 4.78 is 28.0. The quantitative estimate of drug-likeness (QED) is 0.860. The Bertz CT molecular complexity index is 952. The third-order valence-electron chi connectivity index (χ3n) is 4.60. The molecule has 2 aromatic rings. The summed E-state index contributed by atoms with van der Waals surface area (Å²) in [5, 5.41) is 8.17. The Kier molecular flexibility index (Phi) is 5.77. The summed E-state index contributed by atoms with van der Waals surface area (Å²) in [6.45, 7) is 0.683. The number of carbonyl (C=O) groups is 1. The number of likely N-dealkylation sites (tertiary alicyclic amines) is 1. The van der Waals surface area contributed by atoms with Crippen molar-refractivity contribution in [2.45, 2.75) is 24.5 Å². The first kappa shape index (κ1) is 18.9. The molecule has 1 amide bonds. The molecule has 1 N–H and O–H groups in total. The van der Waals surface area contributed by atoms with Crippen LogP contribution in [0.15, 0.2) is 54.6 Å². The molecule has 1 saturated heterocycles. The van der Waals surface area contributed by atoms with Gasteiger partial charge in [0.05, 0.1) is 17.7 Å². The maximum Gasteiger partial charge on any atom is 0.253 e. The number of rotatable bonds is 5. The van der Waals surface area contributed by atoms with E-state index in [0.717, 1.165) is 5.56 Å². The molecule has 0 radical (unpaired) electrons. The number of piperidine rings is 1. The number of hydrogen-bond acceptors (Lipinski definition) is 4. The van der Waals surface area contributed by atoms with Crippen LogP contribution in [0, 0.1) is 11.3 Å². The molecule has 3 rings (SSSR count). The third-order valence-corrected chi connectivity index (χ3v) is 6.38. The molecule has 1 aliphatic rings. The number of para-hydroxylation sites is 1. The molecular weight excluding hydrogens is 362 g/mol. The lowest BCUT2D eigenvalue weighted by Crippen LogP contribution is -2.46. The van der Waals surface area contributed by atoms with Gasteiger partial charge in [-0.15, -0.1) is 0 Å². The van der Waals surface area contributed by atoms with Gasteiger partial charge >= 0.3 is 0 Å². The van der Waals surface area contributed by atoms with Gasteiger partial charge in [0.1, 0.15) is 0 Å². The number of amides is 1. The van der Waals surface area contributed by atoms with E-state index in [1.54, 1.807) is 53.4 Å². The molecule has 0 spiro atoms. The van der Waals surface area contributed by atoms with Crippen molar-refractivity contribution in [1.82, 2.24) is 4.90 Å². The van der Waals surface area contributed by atoms with Crippen molar-refractivity contribution in [1.29, 1.82) is 5.26 Å². The topological polar surface area (TPSA) is 90.3 Å². The predicted octanol–water partition coefficient (Wildman–Crippen LogP) is 2.80. The van der Waals surface area contributed by atoms with E-state index in [1.807, 2.05) is 6.07 Å². The summed E-state index contributed by atoms with van der Waals surface area (Å²) in [5.41, 5.74) is 1.78. The highest BCUT2D eigenvalue weighted by molar-refractivity contribution is 7.93. The van der Waals surface area contributed by atoms with Crippen LogP contribution in [0.1, 0.15) is 28.8 Å². The van der Waals surface area contributed by atoms with Gasteiger partial charge < -0.3 is 4.90 Å². The van der Waals surface area contributed by atoms with Crippen LogP contribution in [-0.2, 0) is 16.4 Å². The minimum atomic E-state index is -3.59. The van der Waals surface area contributed by atoms with Crippen molar-refractivity contribution in [3.05, 3.63) is 65.7 Å². The van der Waals surface area contributed by atoms with Crippen LogP contribution in [0.3, 0.4) is 0 Å². The van der Waals surface area contributed by atoms with Crippen LogP contribution in [0.25, 0.3) is 0 Å². The molecule has 1 atom stereocenters. The smallest absolute Gasteiger partial charge is 0.253 e. The minimum absolute atomic E-state index is 0.156. The molecule has 0 saturated carbocycles. The molecule has 0 aliphatic carbocycles. The number of benzene rings is 2. The second-order valence-corrected chi connectivity index (χ2v) is 8.52. The van der Waals surface area contributed by atoms with Gasteiger partial charge in [-0.2, -0.15) is 5.26 Å². The Balaban J connectivity index is 1.73. The molecule has 140 valence electrons. The summed E-state index contributed by atoms with van der Waals surface area (Å²) in [7, 11) is -3.59. The van der Waals surface area contributed by atoms with Gasteiger partial charge in [0, 0.05) is 24.3 Å². The summed E-state index contributed by atoms with van der Waals surface area (Å²) in [4.78, 5) is 14.4. The normalized spacial score (nSPS) is 17.1. The first-order valence-corrected chi connectivity index (χ1v) is 10.4. The average Bonchev–Trinajstić information content (AvgIpc) is 2.68. The zero-order valence-electron chi connectivity index (χ0n) is 14.8. The van der Waals surface area contributed by atoms with Gasteiger partial charge in [0.15, 0.2) is 0 Å². The van der Waals surface area contributed by atoms with E-state index in [1.165, 1.54) is 0 Å². The van der Waals surface area contributed by atoms with Crippen molar-refractivity contribution >= 4 is 21.6 Å². The molecule has 27 heavy (non-hydrogen) atoms. The fraction of sp³-hybridized carbons (Fsp3) is 0.300. The monoisotopic (exact) mass is 383 g/mol. The number of carbonyl (C=O) groups excluding carboxylic acids is 1. The lowest BCUT2D eigenvalue weighted by Gasteiger charge is -2.32. The van der Waals surface area contributed by atoms with Crippen LogP contribution in [0.2, 0.25) is 0 Å². The van der Waals surface area contributed by atoms with E-state index in [2.05, 4.69) is 10.8 Å². The van der Waals surface area contributed by atoms with Gasteiger partial charge in [-0.3, -0.25) is 9.52 Å². The molecule has 1 aliphatic heterocycles. The average molecular weight is 383 g/mol. The van der Waals surface area contributed by atoms with E-state index >= 15 is 0 Å². The zero-order chi connectivity index (χ0) is 19.3. The first-order chi connectivity index (χ1) is 13.0. The lowest BCUT2D eigenvalue weighted by molar-refractivity contribution is 0.0727. The van der Waals surface area contributed by atoms with Gasteiger partial charge in [-0.25, -0.2) is 8.42 Å². The highest BCUT2D eigenvalue weighted by Gasteiger charge is 2.33. The Hall–Kier alpha value is -2.85. The zero-order valence-corrected chi connectivity index (χ0v) is 15.7. The molecule has 0 unspecified atom stereocenters. The van der Waals surface area contributed by atoms with Crippen LogP contribution < -0.4 is 4.72 Å². The summed E-state index contributed by atoms with van der Waals surface area (Å²) in [6.07, 6.45) is 1.38. The number of nitriles is 1. The largest absolute Gasteiger partial charge is 0.337 e. The Labute approximate surface area is 159 Å². The fourth-order valence-electron chi connectivity index (χ4n) is 3.22. The fourth-order valence-corrected chi connectivity index (χ4v) is 4.70. The van der Waals surface area contributed by atoms with E-state index in [4.69, 9.17) is 5.26 Å². The van der Waals surface area contributed by atoms with Crippen LogP contribution >= 0.6 is 0 Å². The molecule has 6 nitrogen and oxygen atoms in total. The number of anilines is 1. The molecular formula is C20H21N3O3S. The van der Waals surface area contributed by atoms with Gasteiger partial charge in [-0.05, 0) is 42.7 Å². The highest BCUT2D eigenvalue weighted by Crippen LogP contribution is 2.21. The number of nitrogens with zero attached hydrogens (tertiary/aromatic N) is 2. The van der Waals surface area contributed by atoms with E-state index < -0.39 is 15.3 Å². The molecule has 1 heterocycles. The summed E-state index contributed by atoms with van der Waals surface area (Å²) in [5.74, 6) is -0.200. The molecule has 7 heteroatoms. The lowest BCUT2D eigenvalue weighted by atomic mass is 10.1. The Morgan fingerprint density at radius 1 is 1.19 bits per heavy atom. The molecule has 2 aromatic carbocycles. The van der Waals surface area contributed by atoms with Gasteiger partial charge in [-0.1, -0.05) is 30.3 Å². The summed E-state index contributed by atoms with van der Waals surface area (Å²) >= 11 is 0. The second kappa shape index (κ2) is 8.23. The SMILES string of the molecule is N#CCc1cccc(C(=O)N2CCC[C@@H](S(=O)(=O)Nc3ccccc3)C2)c1. The maximum atomic E-state index is 12.8. The number of hydrogen-bond donors (Lipinski definition) is 1. The third kappa shape index (κ3) is 4.66. The van der Waals surface area contributed by atoms with Crippen LogP contribution in [0.5, 0.6) is 0 Å².